The van der Waals surface area contributed by atoms with Gasteiger partial charge in [-0.1, -0.05) is 32.0 Å². The van der Waals surface area contributed by atoms with Gasteiger partial charge in [-0.25, -0.2) is 4.79 Å². The van der Waals surface area contributed by atoms with Crippen molar-refractivity contribution in [1.82, 2.24) is 0 Å². The molecule has 0 saturated carbocycles. The molecule has 1 aromatic rings. The fourth-order valence-corrected chi connectivity index (χ4v) is 1.60. The fraction of sp³-hybridized carbons (Fsp3) is 0.533. The summed E-state index contributed by atoms with van der Waals surface area (Å²) in [5.74, 6) is 0.763. The van der Waals surface area contributed by atoms with Gasteiger partial charge in [-0.05, 0) is 38.3 Å². The highest BCUT2D eigenvalue weighted by atomic mass is 16.6. The molecule has 0 atom stereocenters. The lowest BCUT2D eigenvalue weighted by molar-refractivity contribution is -0.157. The second-order valence-corrected chi connectivity index (χ2v) is 5.57. The summed E-state index contributed by atoms with van der Waals surface area (Å²) in [5, 5.41) is 0. The van der Waals surface area contributed by atoms with Crippen LogP contribution in [-0.4, -0.2) is 18.2 Å². The second kappa shape index (κ2) is 5.89. The Hall–Kier alpha value is -1.51. The number of para-hydroxylation sites is 1. The van der Waals surface area contributed by atoms with Crippen LogP contribution in [0.1, 0.15) is 46.1 Å². The van der Waals surface area contributed by atoms with Gasteiger partial charge in [0.1, 0.15) is 11.4 Å². The van der Waals surface area contributed by atoms with Gasteiger partial charge in [-0.3, -0.25) is 0 Å². The van der Waals surface area contributed by atoms with Crippen LogP contribution in [0.2, 0.25) is 0 Å². The average Bonchev–Trinajstić information content (AvgIpc) is 2.24. The Morgan fingerprint density at radius 3 is 2.39 bits per heavy atom. The predicted molar refractivity (Wildman–Crippen MR) is 71.9 cm³/mol. The van der Waals surface area contributed by atoms with Gasteiger partial charge in [0.2, 0.25) is 0 Å². The standard InChI is InChI=1S/C15H22O3/c1-11(2)12-8-6-7-9-13(12)17-10-14(16)18-15(3,4)5/h6-9,11H,10H2,1-5H3. The van der Waals surface area contributed by atoms with Crippen molar-refractivity contribution >= 4 is 5.97 Å². The molecule has 3 heteroatoms. The number of hydrogen-bond acceptors (Lipinski definition) is 3. The molecule has 0 heterocycles. The van der Waals surface area contributed by atoms with E-state index in [1.807, 2.05) is 45.0 Å². The van der Waals surface area contributed by atoms with Crippen molar-refractivity contribution in [1.29, 1.82) is 0 Å². The Kier molecular flexibility index (Phi) is 4.76. The van der Waals surface area contributed by atoms with Gasteiger partial charge >= 0.3 is 5.97 Å². The van der Waals surface area contributed by atoms with Gasteiger partial charge in [0.25, 0.3) is 0 Å². The second-order valence-electron chi connectivity index (χ2n) is 5.57. The van der Waals surface area contributed by atoms with E-state index in [9.17, 15) is 4.79 Å². The first-order valence-electron chi connectivity index (χ1n) is 6.23. The number of ether oxygens (including phenoxy) is 2. The largest absolute Gasteiger partial charge is 0.482 e. The quantitative estimate of drug-likeness (QED) is 0.767. The molecule has 1 rings (SSSR count). The highest BCUT2D eigenvalue weighted by Gasteiger charge is 2.17. The molecule has 0 N–H and O–H groups in total. The smallest absolute Gasteiger partial charge is 0.344 e. The van der Waals surface area contributed by atoms with E-state index < -0.39 is 5.60 Å². The van der Waals surface area contributed by atoms with E-state index in [1.165, 1.54) is 0 Å². The zero-order valence-electron chi connectivity index (χ0n) is 11.8. The molecule has 0 saturated heterocycles. The molecule has 1 aromatic carbocycles. The van der Waals surface area contributed by atoms with Crippen molar-refractivity contribution in [2.45, 2.75) is 46.1 Å². The highest BCUT2D eigenvalue weighted by molar-refractivity contribution is 5.71. The maximum Gasteiger partial charge on any atom is 0.344 e. The van der Waals surface area contributed by atoms with Crippen LogP contribution >= 0.6 is 0 Å². The zero-order chi connectivity index (χ0) is 13.8. The summed E-state index contributed by atoms with van der Waals surface area (Å²) in [6.07, 6.45) is 0. The maximum absolute atomic E-state index is 11.6. The Labute approximate surface area is 109 Å². The van der Waals surface area contributed by atoms with E-state index >= 15 is 0 Å². The topological polar surface area (TPSA) is 35.5 Å². The van der Waals surface area contributed by atoms with Gasteiger partial charge in [-0.2, -0.15) is 0 Å². The number of carbonyl (C=O) groups excluding carboxylic acids is 1. The third-order valence-corrected chi connectivity index (χ3v) is 2.31. The van der Waals surface area contributed by atoms with Gasteiger partial charge in [0.15, 0.2) is 6.61 Å². The minimum absolute atomic E-state index is 0.0546. The molecule has 0 bridgehead atoms. The van der Waals surface area contributed by atoms with Crippen molar-refractivity contribution in [2.75, 3.05) is 6.61 Å². The molecule has 0 aliphatic rings. The highest BCUT2D eigenvalue weighted by Crippen LogP contribution is 2.25. The van der Waals surface area contributed by atoms with Crippen LogP contribution in [-0.2, 0) is 9.53 Å². The molecule has 0 aliphatic heterocycles. The number of benzene rings is 1. The first kappa shape index (κ1) is 14.6. The van der Waals surface area contributed by atoms with Crippen LogP contribution in [0.3, 0.4) is 0 Å². The third-order valence-electron chi connectivity index (χ3n) is 2.31. The maximum atomic E-state index is 11.6. The summed E-state index contributed by atoms with van der Waals surface area (Å²) in [5.41, 5.74) is 0.624. The Morgan fingerprint density at radius 1 is 1.22 bits per heavy atom. The van der Waals surface area contributed by atoms with E-state index in [1.54, 1.807) is 0 Å². The van der Waals surface area contributed by atoms with Crippen molar-refractivity contribution < 1.29 is 14.3 Å². The molecule has 0 spiro atoms. The average molecular weight is 250 g/mol. The zero-order valence-corrected chi connectivity index (χ0v) is 11.8. The number of hydrogen-bond donors (Lipinski definition) is 0. The minimum atomic E-state index is -0.474. The van der Waals surface area contributed by atoms with Crippen molar-refractivity contribution in [3.05, 3.63) is 29.8 Å². The molecule has 0 fully saturated rings. The first-order chi connectivity index (χ1) is 8.29. The van der Waals surface area contributed by atoms with Crippen molar-refractivity contribution in [2.24, 2.45) is 0 Å². The Balaban J connectivity index is 2.61. The predicted octanol–water partition coefficient (Wildman–Crippen LogP) is 3.53. The van der Waals surface area contributed by atoms with Gasteiger partial charge < -0.3 is 9.47 Å². The van der Waals surface area contributed by atoms with Crippen LogP contribution in [0.15, 0.2) is 24.3 Å². The first-order valence-corrected chi connectivity index (χ1v) is 6.23. The van der Waals surface area contributed by atoms with Gasteiger partial charge in [0, 0.05) is 0 Å². The molecule has 0 amide bonds. The van der Waals surface area contributed by atoms with E-state index in [2.05, 4.69) is 13.8 Å². The number of rotatable bonds is 4. The fourth-order valence-electron chi connectivity index (χ4n) is 1.60. The van der Waals surface area contributed by atoms with E-state index in [-0.39, 0.29) is 12.6 Å². The van der Waals surface area contributed by atoms with Gasteiger partial charge in [0.05, 0.1) is 0 Å². The molecule has 0 radical (unpaired) electrons. The van der Waals surface area contributed by atoms with E-state index in [0.29, 0.717) is 5.92 Å². The third kappa shape index (κ3) is 4.78. The summed E-state index contributed by atoms with van der Waals surface area (Å²) in [6, 6.07) is 7.75. The summed E-state index contributed by atoms with van der Waals surface area (Å²) in [4.78, 5) is 11.6. The summed E-state index contributed by atoms with van der Waals surface area (Å²) in [6.45, 7) is 9.65. The van der Waals surface area contributed by atoms with E-state index in [4.69, 9.17) is 9.47 Å². The van der Waals surface area contributed by atoms with Crippen LogP contribution in [0.25, 0.3) is 0 Å². The lowest BCUT2D eigenvalue weighted by Gasteiger charge is -2.20. The molecule has 3 nitrogen and oxygen atoms in total. The van der Waals surface area contributed by atoms with Crippen LogP contribution in [0, 0.1) is 0 Å². The molecular formula is C15H22O3. The summed E-state index contributed by atoms with van der Waals surface area (Å²) < 4.78 is 10.7. The molecule has 100 valence electrons. The molecule has 0 unspecified atom stereocenters. The van der Waals surface area contributed by atoms with Crippen LogP contribution in [0.5, 0.6) is 5.75 Å². The van der Waals surface area contributed by atoms with Gasteiger partial charge in [-0.15, -0.1) is 0 Å². The van der Waals surface area contributed by atoms with Crippen molar-refractivity contribution in [3.8, 4) is 5.75 Å². The molecule has 0 aromatic heterocycles. The number of carbonyl (C=O) groups is 1. The Bertz CT molecular complexity index is 402. The lowest BCUT2D eigenvalue weighted by Crippen LogP contribution is -2.27. The van der Waals surface area contributed by atoms with Crippen LogP contribution in [0.4, 0.5) is 0 Å². The van der Waals surface area contributed by atoms with Crippen molar-refractivity contribution in [3.63, 3.8) is 0 Å². The minimum Gasteiger partial charge on any atom is -0.482 e. The molecule has 18 heavy (non-hydrogen) atoms. The molecule has 0 aliphatic carbocycles. The number of esters is 1. The van der Waals surface area contributed by atoms with E-state index in [0.717, 1.165) is 11.3 Å². The lowest BCUT2D eigenvalue weighted by atomic mass is 10.0. The van der Waals surface area contributed by atoms with Crippen LogP contribution < -0.4 is 4.74 Å². The SMILES string of the molecule is CC(C)c1ccccc1OCC(=O)OC(C)(C)C. The Morgan fingerprint density at radius 2 is 1.83 bits per heavy atom. The summed E-state index contributed by atoms with van der Waals surface area (Å²) >= 11 is 0. The monoisotopic (exact) mass is 250 g/mol. The normalized spacial score (nSPS) is 11.4. The summed E-state index contributed by atoms with van der Waals surface area (Å²) in [7, 11) is 0. The molecular weight excluding hydrogens is 228 g/mol.